The average molecular weight is 359 g/mol. The van der Waals surface area contributed by atoms with E-state index in [1.165, 1.54) is 23.8 Å². The summed E-state index contributed by atoms with van der Waals surface area (Å²) >= 11 is 1.69. The van der Waals surface area contributed by atoms with Gasteiger partial charge >= 0.3 is 0 Å². The second-order valence-electron chi connectivity index (χ2n) is 6.19. The molecule has 1 unspecified atom stereocenters. The Labute approximate surface area is 150 Å². The minimum absolute atomic E-state index is 0.0259. The molecular formula is C18H21N3O3S. The quantitative estimate of drug-likeness (QED) is 0.632. The molecule has 1 saturated heterocycles. The van der Waals surface area contributed by atoms with Gasteiger partial charge in [0.1, 0.15) is 0 Å². The van der Waals surface area contributed by atoms with Crippen LogP contribution in [0.25, 0.3) is 0 Å². The summed E-state index contributed by atoms with van der Waals surface area (Å²) in [5.41, 5.74) is 0.737. The number of hydrogen-bond acceptors (Lipinski definition) is 5. The third kappa shape index (κ3) is 3.88. The van der Waals surface area contributed by atoms with Gasteiger partial charge in [0.05, 0.1) is 11.0 Å². The minimum Gasteiger partial charge on any atom is -0.350 e. The van der Waals surface area contributed by atoms with Crippen molar-refractivity contribution in [1.82, 2.24) is 10.2 Å². The average Bonchev–Trinajstić information content (AvgIpc) is 3.29. The maximum Gasteiger partial charge on any atom is 0.273 e. The molecule has 6 nitrogen and oxygen atoms in total. The summed E-state index contributed by atoms with van der Waals surface area (Å²) in [5.74, 6) is -0.262. The fraction of sp³-hybridized carbons (Fsp3) is 0.389. The molecule has 1 atom stereocenters. The van der Waals surface area contributed by atoms with Crippen molar-refractivity contribution < 1.29 is 9.72 Å². The molecule has 0 aliphatic carbocycles. The third-order valence-electron chi connectivity index (χ3n) is 4.66. The number of nitrogens with one attached hydrogen (secondary N) is 1. The van der Waals surface area contributed by atoms with Crippen LogP contribution in [0.1, 0.15) is 39.7 Å². The van der Waals surface area contributed by atoms with Crippen molar-refractivity contribution in [3.8, 4) is 0 Å². The van der Waals surface area contributed by atoms with Crippen LogP contribution >= 0.6 is 11.3 Å². The predicted octanol–water partition coefficient (Wildman–Crippen LogP) is 3.53. The van der Waals surface area contributed by atoms with Gasteiger partial charge in [-0.3, -0.25) is 19.8 Å². The van der Waals surface area contributed by atoms with Crippen LogP contribution in [0.2, 0.25) is 0 Å². The van der Waals surface area contributed by atoms with Gasteiger partial charge in [0.2, 0.25) is 0 Å². The number of carbonyl (C=O) groups is 1. The molecule has 0 bridgehead atoms. The van der Waals surface area contributed by atoms with Crippen molar-refractivity contribution in [3.05, 3.63) is 61.8 Å². The van der Waals surface area contributed by atoms with Gasteiger partial charge in [0.25, 0.3) is 11.6 Å². The number of nitrogens with zero attached hydrogens (tertiary/aromatic N) is 2. The highest BCUT2D eigenvalue weighted by atomic mass is 32.1. The van der Waals surface area contributed by atoms with E-state index in [4.69, 9.17) is 0 Å². The number of likely N-dealkylation sites (tertiary alicyclic amines) is 1. The van der Waals surface area contributed by atoms with Crippen molar-refractivity contribution in [2.45, 2.75) is 25.8 Å². The van der Waals surface area contributed by atoms with E-state index in [-0.39, 0.29) is 17.6 Å². The Morgan fingerprint density at radius 3 is 2.72 bits per heavy atom. The summed E-state index contributed by atoms with van der Waals surface area (Å²) in [6.45, 7) is 4.19. The standard InChI is InChI=1S/C18H21N3O3S/c1-13-14(6-4-7-15(13)21(23)24)18(22)19-12-16(17-8-5-11-25-17)20-9-2-3-10-20/h4-8,11,16H,2-3,9-10,12H2,1H3,(H,19,22). The van der Waals surface area contributed by atoms with Crippen molar-refractivity contribution in [2.24, 2.45) is 0 Å². The van der Waals surface area contributed by atoms with Gasteiger partial charge in [-0.25, -0.2) is 0 Å². The van der Waals surface area contributed by atoms with Gasteiger partial charge < -0.3 is 5.32 Å². The second kappa shape index (κ2) is 7.76. The molecule has 1 aromatic heterocycles. The van der Waals surface area contributed by atoms with E-state index in [1.54, 1.807) is 30.4 Å². The Balaban J connectivity index is 1.74. The number of nitro groups is 1. The molecule has 7 heteroatoms. The summed E-state index contributed by atoms with van der Waals surface area (Å²) < 4.78 is 0. The van der Waals surface area contributed by atoms with Crippen molar-refractivity contribution in [1.29, 1.82) is 0 Å². The Kier molecular flexibility index (Phi) is 5.45. The lowest BCUT2D eigenvalue weighted by Gasteiger charge is -2.27. The van der Waals surface area contributed by atoms with Crippen LogP contribution in [0.3, 0.4) is 0 Å². The molecule has 2 aromatic rings. The van der Waals surface area contributed by atoms with E-state index in [0.29, 0.717) is 17.7 Å². The number of carbonyl (C=O) groups excluding carboxylic acids is 1. The van der Waals surface area contributed by atoms with E-state index in [2.05, 4.69) is 16.3 Å². The predicted molar refractivity (Wildman–Crippen MR) is 98.0 cm³/mol. The lowest BCUT2D eigenvalue weighted by molar-refractivity contribution is -0.385. The molecule has 1 amide bonds. The molecule has 1 fully saturated rings. The SMILES string of the molecule is Cc1c(C(=O)NCC(c2cccs2)N2CCCC2)cccc1[N+](=O)[O-]. The summed E-state index contributed by atoms with van der Waals surface area (Å²) in [6.07, 6.45) is 2.36. The number of amides is 1. The lowest BCUT2D eigenvalue weighted by Crippen LogP contribution is -2.36. The molecule has 0 radical (unpaired) electrons. The van der Waals surface area contributed by atoms with E-state index in [0.717, 1.165) is 13.1 Å². The largest absolute Gasteiger partial charge is 0.350 e. The fourth-order valence-electron chi connectivity index (χ4n) is 3.30. The zero-order chi connectivity index (χ0) is 17.8. The topological polar surface area (TPSA) is 75.5 Å². The van der Waals surface area contributed by atoms with E-state index in [1.807, 2.05) is 11.4 Å². The van der Waals surface area contributed by atoms with Crippen LogP contribution < -0.4 is 5.32 Å². The summed E-state index contributed by atoms with van der Waals surface area (Å²) in [7, 11) is 0. The van der Waals surface area contributed by atoms with Crippen LogP contribution in [-0.2, 0) is 0 Å². The number of benzene rings is 1. The Morgan fingerprint density at radius 2 is 2.08 bits per heavy atom. The van der Waals surface area contributed by atoms with Crippen LogP contribution in [-0.4, -0.2) is 35.4 Å². The van der Waals surface area contributed by atoms with Crippen molar-refractivity contribution in [3.63, 3.8) is 0 Å². The zero-order valence-corrected chi connectivity index (χ0v) is 14.9. The maximum atomic E-state index is 12.6. The number of nitro benzene ring substituents is 1. The monoisotopic (exact) mass is 359 g/mol. The highest BCUT2D eigenvalue weighted by Crippen LogP contribution is 2.28. The molecule has 25 heavy (non-hydrogen) atoms. The highest BCUT2D eigenvalue weighted by molar-refractivity contribution is 7.10. The van der Waals surface area contributed by atoms with Gasteiger partial charge in [-0.15, -0.1) is 11.3 Å². The molecule has 2 heterocycles. The van der Waals surface area contributed by atoms with Gasteiger partial charge in [-0.05, 0) is 50.4 Å². The molecular weight excluding hydrogens is 338 g/mol. The molecule has 132 valence electrons. The highest BCUT2D eigenvalue weighted by Gasteiger charge is 2.25. The number of thiophene rings is 1. The first-order valence-electron chi connectivity index (χ1n) is 8.37. The maximum absolute atomic E-state index is 12.6. The van der Waals surface area contributed by atoms with Crippen LogP contribution in [0.15, 0.2) is 35.7 Å². The lowest BCUT2D eigenvalue weighted by atomic mass is 10.1. The van der Waals surface area contributed by atoms with Crippen LogP contribution in [0.4, 0.5) is 5.69 Å². The first-order valence-corrected chi connectivity index (χ1v) is 9.25. The van der Waals surface area contributed by atoms with Crippen molar-refractivity contribution >= 4 is 22.9 Å². The summed E-state index contributed by atoms with van der Waals surface area (Å²) in [6, 6.07) is 8.88. The Hall–Kier alpha value is -2.25. The Morgan fingerprint density at radius 1 is 1.32 bits per heavy atom. The first kappa shape index (κ1) is 17.6. The molecule has 0 spiro atoms. The van der Waals surface area contributed by atoms with Gasteiger partial charge in [0.15, 0.2) is 0 Å². The van der Waals surface area contributed by atoms with Crippen LogP contribution in [0.5, 0.6) is 0 Å². The van der Waals surface area contributed by atoms with Crippen molar-refractivity contribution in [2.75, 3.05) is 19.6 Å². The second-order valence-corrected chi connectivity index (χ2v) is 7.17. The Bertz CT molecular complexity index is 755. The van der Waals surface area contributed by atoms with Gasteiger partial charge in [-0.1, -0.05) is 12.1 Å². The van der Waals surface area contributed by atoms with Gasteiger partial charge in [0, 0.05) is 28.6 Å². The normalized spacial score (nSPS) is 15.9. The number of hydrogen-bond donors (Lipinski definition) is 1. The molecule has 1 aromatic carbocycles. The summed E-state index contributed by atoms with van der Waals surface area (Å²) in [5, 5.41) is 16.1. The molecule has 1 aliphatic rings. The van der Waals surface area contributed by atoms with E-state index in [9.17, 15) is 14.9 Å². The first-order chi connectivity index (χ1) is 12.1. The molecule has 1 N–H and O–H groups in total. The fourth-order valence-corrected chi connectivity index (χ4v) is 4.16. The molecule has 3 rings (SSSR count). The third-order valence-corrected chi connectivity index (χ3v) is 5.63. The number of rotatable bonds is 6. The summed E-state index contributed by atoms with van der Waals surface area (Å²) in [4.78, 5) is 26.8. The van der Waals surface area contributed by atoms with Crippen LogP contribution in [0, 0.1) is 17.0 Å². The van der Waals surface area contributed by atoms with Gasteiger partial charge in [-0.2, -0.15) is 0 Å². The minimum atomic E-state index is -0.454. The molecule has 0 saturated carbocycles. The zero-order valence-electron chi connectivity index (χ0n) is 14.1. The van der Waals surface area contributed by atoms with E-state index < -0.39 is 4.92 Å². The van der Waals surface area contributed by atoms with E-state index >= 15 is 0 Å². The smallest absolute Gasteiger partial charge is 0.273 e. The molecule has 1 aliphatic heterocycles.